The molecular weight excluding hydrogens is 490 g/mol. The molecule has 2 saturated carbocycles. The van der Waals surface area contributed by atoms with Crippen LogP contribution in [-0.2, 0) is 21.4 Å². The van der Waals surface area contributed by atoms with Gasteiger partial charge in [0, 0.05) is 36.2 Å². The SMILES string of the molecule is C=C1CC[C@@]2(O)[C@H]3Cc4ccc(C(N)=O)c(O)c4[C@@]2(CC[N+]3(C)CC2CC2)C1.NC(CCC(=O)O)C(=O)O. The standard InChI is InChI=1S/C23H30N2O3.C5H9NO4/c1-14-7-8-23(28)18-11-16-5-6-17(21(24)27)20(26)19(16)22(23,12-14)9-10-25(18,2)13-15-3-4-15;6-3(5(9)10)1-2-4(7)8/h5-6,15,18,28H,1,3-4,7-13H2,2H3,(H2-,24,26,27);3H,1-2,6H2,(H,7,8)(H,9,10)/p+1/t18-,22-,23-,25?;/m1./s1. The molecule has 10 nitrogen and oxygen atoms in total. The quantitative estimate of drug-likeness (QED) is 0.227. The second kappa shape index (κ2) is 9.98. The number of likely N-dealkylation sites (N-methyl/N-ethyl adjacent to an activating group) is 1. The van der Waals surface area contributed by atoms with Crippen molar-refractivity contribution in [3.8, 4) is 5.75 Å². The number of likely N-dealkylation sites (tertiary alicyclic amines) is 1. The van der Waals surface area contributed by atoms with Gasteiger partial charge in [-0.05, 0) is 50.2 Å². The molecule has 1 aromatic rings. The molecule has 3 aliphatic carbocycles. The number of hydrogen-bond donors (Lipinski definition) is 6. The summed E-state index contributed by atoms with van der Waals surface area (Å²) in [5.41, 5.74) is 12.2. The van der Waals surface area contributed by atoms with Gasteiger partial charge in [-0.25, -0.2) is 0 Å². The van der Waals surface area contributed by atoms with E-state index in [4.69, 9.17) is 21.7 Å². The van der Waals surface area contributed by atoms with Crippen molar-refractivity contribution in [3.63, 3.8) is 0 Å². The maximum absolute atomic E-state index is 12.3. The summed E-state index contributed by atoms with van der Waals surface area (Å²) in [5, 5.41) is 39.6. The van der Waals surface area contributed by atoms with E-state index in [0.717, 1.165) is 59.5 Å². The highest BCUT2D eigenvalue weighted by Gasteiger charge is 2.69. The fourth-order valence-electron chi connectivity index (χ4n) is 7.26. The van der Waals surface area contributed by atoms with Gasteiger partial charge in [0.25, 0.3) is 5.91 Å². The van der Waals surface area contributed by atoms with Crippen molar-refractivity contribution in [1.82, 2.24) is 0 Å². The number of nitrogens with zero attached hydrogens (tertiary/aromatic N) is 1. The van der Waals surface area contributed by atoms with Crippen molar-refractivity contribution >= 4 is 17.8 Å². The van der Waals surface area contributed by atoms with E-state index < -0.39 is 34.9 Å². The zero-order valence-electron chi connectivity index (χ0n) is 22.0. The Morgan fingerprint density at radius 2 is 1.89 bits per heavy atom. The first kappa shape index (κ1) is 28.1. The van der Waals surface area contributed by atoms with Crippen LogP contribution in [0, 0.1) is 5.92 Å². The van der Waals surface area contributed by atoms with E-state index in [1.54, 1.807) is 6.07 Å². The Morgan fingerprint density at radius 3 is 2.47 bits per heavy atom. The Balaban J connectivity index is 0.000000289. The molecule has 1 amide bonds. The number of allylic oxidation sites excluding steroid dienone is 1. The molecular formula is C28H40N3O7+. The maximum Gasteiger partial charge on any atom is 0.320 e. The third kappa shape index (κ3) is 4.81. The lowest BCUT2D eigenvalue weighted by atomic mass is 9.48. The Morgan fingerprint density at radius 1 is 1.21 bits per heavy atom. The number of primary amides is 1. The van der Waals surface area contributed by atoms with Gasteiger partial charge in [0.15, 0.2) is 0 Å². The summed E-state index contributed by atoms with van der Waals surface area (Å²) in [6.45, 7) is 6.36. The van der Waals surface area contributed by atoms with Crippen molar-refractivity contribution in [3.05, 3.63) is 41.0 Å². The van der Waals surface area contributed by atoms with Crippen molar-refractivity contribution in [2.24, 2.45) is 17.4 Å². The molecule has 0 aromatic heterocycles. The molecule has 1 aromatic carbocycles. The van der Waals surface area contributed by atoms with Crippen LogP contribution in [0.1, 0.15) is 72.9 Å². The van der Waals surface area contributed by atoms with Crippen LogP contribution in [0.15, 0.2) is 24.3 Å². The second-order valence-corrected chi connectivity index (χ2v) is 12.0. The molecule has 2 unspecified atom stereocenters. The predicted octanol–water partition coefficient (Wildman–Crippen LogP) is 1.65. The predicted molar refractivity (Wildman–Crippen MR) is 139 cm³/mol. The molecule has 10 heteroatoms. The highest BCUT2D eigenvalue weighted by atomic mass is 16.4. The normalized spacial score (nSPS) is 32.2. The average Bonchev–Trinajstić information content (AvgIpc) is 3.64. The van der Waals surface area contributed by atoms with E-state index in [1.165, 1.54) is 12.8 Å². The lowest BCUT2D eigenvalue weighted by molar-refractivity contribution is -0.950. The van der Waals surface area contributed by atoms with Gasteiger partial charge in [0.1, 0.15) is 23.4 Å². The minimum absolute atomic E-state index is 0.0186. The first-order valence-electron chi connectivity index (χ1n) is 13.3. The number of aliphatic hydroxyl groups is 1. The highest BCUT2D eigenvalue weighted by Crippen LogP contribution is 2.62. The van der Waals surface area contributed by atoms with Crippen LogP contribution in [0.3, 0.4) is 0 Å². The number of carbonyl (C=O) groups excluding carboxylic acids is 1. The third-order valence-corrected chi connectivity index (χ3v) is 9.37. The number of nitrogens with two attached hydrogens (primary N) is 2. The lowest BCUT2D eigenvalue weighted by Crippen LogP contribution is -2.78. The number of rotatable bonds is 7. The summed E-state index contributed by atoms with van der Waals surface area (Å²) in [6, 6.07) is 2.65. The number of amides is 1. The van der Waals surface area contributed by atoms with Crippen molar-refractivity contribution < 1.29 is 39.3 Å². The van der Waals surface area contributed by atoms with Gasteiger partial charge in [-0.1, -0.05) is 18.2 Å². The molecule has 38 heavy (non-hydrogen) atoms. The number of carbonyl (C=O) groups is 3. The number of aromatic hydroxyl groups is 1. The summed E-state index contributed by atoms with van der Waals surface area (Å²) in [6.07, 6.45) is 6.09. The number of carboxylic acids is 2. The molecule has 4 aliphatic rings. The van der Waals surface area contributed by atoms with Gasteiger partial charge in [-0.2, -0.15) is 0 Å². The highest BCUT2D eigenvalue weighted by molar-refractivity contribution is 5.96. The fourth-order valence-corrected chi connectivity index (χ4v) is 7.26. The Kier molecular flexibility index (Phi) is 7.37. The fraction of sp³-hybridized carbons (Fsp3) is 0.607. The van der Waals surface area contributed by atoms with Crippen LogP contribution in [-0.4, -0.2) is 80.6 Å². The van der Waals surface area contributed by atoms with E-state index >= 15 is 0 Å². The molecule has 3 fully saturated rings. The van der Waals surface area contributed by atoms with Crippen molar-refractivity contribution in [2.75, 3.05) is 20.1 Å². The summed E-state index contributed by atoms with van der Waals surface area (Å²) < 4.78 is 0.910. The molecule has 5 rings (SSSR count). The lowest BCUT2D eigenvalue weighted by Gasteiger charge is -2.65. The molecule has 1 aliphatic heterocycles. The zero-order chi connectivity index (χ0) is 28.0. The monoisotopic (exact) mass is 530 g/mol. The minimum Gasteiger partial charge on any atom is -0.507 e. The van der Waals surface area contributed by atoms with Gasteiger partial charge in [-0.15, -0.1) is 0 Å². The molecule has 5 atom stereocenters. The van der Waals surface area contributed by atoms with Crippen molar-refractivity contribution in [2.45, 2.75) is 80.9 Å². The molecule has 208 valence electrons. The number of hydrogen-bond acceptors (Lipinski definition) is 6. The number of phenols is 1. The van der Waals surface area contributed by atoms with E-state index in [2.05, 4.69) is 13.6 Å². The van der Waals surface area contributed by atoms with Crippen LogP contribution in [0.2, 0.25) is 0 Å². The van der Waals surface area contributed by atoms with Gasteiger partial charge in [-0.3, -0.25) is 14.4 Å². The summed E-state index contributed by atoms with van der Waals surface area (Å²) >= 11 is 0. The Bertz CT molecular complexity index is 1170. The summed E-state index contributed by atoms with van der Waals surface area (Å²) in [4.78, 5) is 31.8. The van der Waals surface area contributed by atoms with Gasteiger partial charge >= 0.3 is 11.9 Å². The summed E-state index contributed by atoms with van der Waals surface area (Å²) in [5.74, 6) is -2.05. The van der Waals surface area contributed by atoms with E-state index in [-0.39, 0.29) is 30.2 Å². The van der Waals surface area contributed by atoms with Gasteiger partial charge in [0.2, 0.25) is 0 Å². The number of fused-ring (bicyclic) bond motifs is 1. The number of benzene rings is 1. The number of piperidine rings is 1. The van der Waals surface area contributed by atoms with Crippen molar-refractivity contribution in [1.29, 1.82) is 0 Å². The first-order chi connectivity index (χ1) is 17.7. The van der Waals surface area contributed by atoms with E-state index in [9.17, 15) is 24.6 Å². The molecule has 1 saturated heterocycles. The minimum atomic E-state index is -1.17. The number of aliphatic carboxylic acids is 2. The molecule has 1 heterocycles. The van der Waals surface area contributed by atoms with Crippen LogP contribution in [0.4, 0.5) is 0 Å². The van der Waals surface area contributed by atoms with Gasteiger partial charge in [0.05, 0.1) is 25.7 Å². The molecule has 0 radical (unpaired) electrons. The molecule has 8 N–H and O–H groups in total. The zero-order valence-corrected chi connectivity index (χ0v) is 22.0. The average molecular weight is 531 g/mol. The smallest absolute Gasteiger partial charge is 0.320 e. The molecule has 0 spiro atoms. The molecule has 2 bridgehead atoms. The van der Waals surface area contributed by atoms with Crippen LogP contribution in [0.25, 0.3) is 0 Å². The van der Waals surface area contributed by atoms with Gasteiger partial charge < -0.3 is 36.4 Å². The van der Waals surface area contributed by atoms with E-state index in [1.807, 2.05) is 6.07 Å². The number of quaternary nitrogens is 1. The maximum atomic E-state index is 12.3. The van der Waals surface area contributed by atoms with E-state index in [0.29, 0.717) is 12.8 Å². The largest absolute Gasteiger partial charge is 0.507 e. The topological polar surface area (TPSA) is 184 Å². The third-order valence-electron chi connectivity index (χ3n) is 9.37. The van der Waals surface area contributed by atoms with Crippen LogP contribution < -0.4 is 11.5 Å². The number of carboxylic acid groups (broad SMARTS) is 2. The Hall–Kier alpha value is -2.95. The summed E-state index contributed by atoms with van der Waals surface area (Å²) in [7, 11) is 2.32. The van der Waals surface area contributed by atoms with Crippen LogP contribution in [0.5, 0.6) is 5.75 Å². The van der Waals surface area contributed by atoms with Crippen LogP contribution >= 0.6 is 0 Å². The second-order valence-electron chi connectivity index (χ2n) is 12.0. The Labute approximate surface area is 222 Å². The first-order valence-corrected chi connectivity index (χ1v) is 13.3.